The average molecular weight is 389 g/mol. The van der Waals surface area contributed by atoms with Crippen LogP contribution < -0.4 is 5.32 Å². The molecule has 0 unspecified atom stereocenters. The smallest absolute Gasteiger partial charge is 0.380 e. The van der Waals surface area contributed by atoms with E-state index in [4.69, 9.17) is 11.6 Å². The molecule has 0 amide bonds. The van der Waals surface area contributed by atoms with E-state index in [0.29, 0.717) is 11.3 Å². The first-order chi connectivity index (χ1) is 8.33. The molecule has 0 aromatic carbocycles. The van der Waals surface area contributed by atoms with E-state index in [-0.39, 0.29) is 17.4 Å². The molecule has 0 aliphatic carbocycles. The molecule has 9 heteroatoms. The molecule has 96 valence electrons. The summed E-state index contributed by atoms with van der Waals surface area (Å²) in [5, 5.41) is 6.69. The lowest BCUT2D eigenvalue weighted by molar-refractivity contribution is -0.152. The van der Waals surface area contributed by atoms with Gasteiger partial charge in [0.2, 0.25) is 0 Å². The van der Waals surface area contributed by atoms with Gasteiger partial charge in [0, 0.05) is 12.6 Å². The number of fused-ring (bicyclic) bond motifs is 3. The minimum Gasteiger partial charge on any atom is -0.380 e. The number of nitrogens with one attached hydrogen (secondary N) is 1. The van der Waals surface area contributed by atoms with Gasteiger partial charge >= 0.3 is 6.18 Å². The number of hydrogen-bond donors (Lipinski definition) is 1. The maximum absolute atomic E-state index is 13.2. The number of hydrogen-bond acceptors (Lipinski definition) is 3. The second kappa shape index (κ2) is 3.62. The molecule has 2 aromatic rings. The normalized spacial score (nSPS) is 23.2. The van der Waals surface area contributed by atoms with Crippen LogP contribution >= 0.6 is 34.2 Å². The first kappa shape index (κ1) is 12.3. The molecule has 1 atom stereocenters. The Kier molecular flexibility index (Phi) is 2.47. The highest BCUT2D eigenvalue weighted by molar-refractivity contribution is 14.1. The monoisotopic (exact) mass is 388 g/mol. The summed E-state index contributed by atoms with van der Waals surface area (Å²) >= 11 is 7.12. The predicted octanol–water partition coefficient (Wildman–Crippen LogP) is 3.00. The topological polar surface area (TPSA) is 42.2 Å². The van der Waals surface area contributed by atoms with Gasteiger partial charge in [0.05, 0.1) is 17.6 Å². The van der Waals surface area contributed by atoms with Gasteiger partial charge in [0.15, 0.2) is 14.2 Å². The standard InChI is InChI=1S/C9H5ClF3IN4/c10-5-1-6-15-2-4-7(18(6)17-5)8(14,3-16-4)9(11,12)13/h1-2,16H,3H2/t8-/m1/s1. The van der Waals surface area contributed by atoms with Gasteiger partial charge in [-0.1, -0.05) is 34.2 Å². The molecule has 2 aromatic heterocycles. The molecule has 3 heterocycles. The third-order valence-corrected chi connectivity index (χ3v) is 4.49. The maximum atomic E-state index is 13.2. The molecule has 18 heavy (non-hydrogen) atoms. The molecule has 0 saturated heterocycles. The second-order valence-corrected chi connectivity index (χ2v) is 6.14. The van der Waals surface area contributed by atoms with Crippen molar-refractivity contribution in [1.29, 1.82) is 0 Å². The zero-order valence-corrected chi connectivity index (χ0v) is 11.5. The fourth-order valence-electron chi connectivity index (χ4n) is 1.95. The van der Waals surface area contributed by atoms with Gasteiger partial charge in [0.1, 0.15) is 0 Å². The zero-order valence-electron chi connectivity index (χ0n) is 8.59. The molecule has 1 aliphatic heterocycles. The lowest BCUT2D eigenvalue weighted by Gasteiger charge is -2.25. The average Bonchev–Trinajstić information content (AvgIpc) is 2.78. The number of rotatable bonds is 0. The maximum Gasteiger partial charge on any atom is 0.410 e. The van der Waals surface area contributed by atoms with E-state index in [9.17, 15) is 13.2 Å². The first-order valence-corrected chi connectivity index (χ1v) is 6.33. The van der Waals surface area contributed by atoms with Gasteiger partial charge in [-0.2, -0.15) is 18.3 Å². The van der Waals surface area contributed by atoms with Gasteiger partial charge < -0.3 is 5.32 Å². The van der Waals surface area contributed by atoms with Crippen molar-refractivity contribution in [3.8, 4) is 0 Å². The summed E-state index contributed by atoms with van der Waals surface area (Å²) in [5.74, 6) is 0. The summed E-state index contributed by atoms with van der Waals surface area (Å²) < 4.78 is 38.8. The Bertz CT molecular complexity index is 641. The Hall–Kier alpha value is -0.770. The van der Waals surface area contributed by atoms with Crippen LogP contribution in [0.2, 0.25) is 5.15 Å². The molecule has 1 N–H and O–H groups in total. The van der Waals surface area contributed by atoms with Crippen molar-refractivity contribution in [2.45, 2.75) is 9.60 Å². The number of aromatic nitrogens is 3. The van der Waals surface area contributed by atoms with Gasteiger partial charge in [-0.3, -0.25) is 0 Å². The first-order valence-electron chi connectivity index (χ1n) is 4.87. The third kappa shape index (κ3) is 1.51. The van der Waals surface area contributed by atoms with Crippen molar-refractivity contribution >= 4 is 45.5 Å². The fraction of sp³-hybridized carbons (Fsp3) is 0.333. The molecule has 0 spiro atoms. The van der Waals surface area contributed by atoms with E-state index in [0.717, 1.165) is 4.52 Å². The van der Waals surface area contributed by atoms with Crippen LogP contribution in [0.25, 0.3) is 5.65 Å². The van der Waals surface area contributed by atoms with Crippen LogP contribution in [0, 0.1) is 0 Å². The van der Waals surface area contributed by atoms with E-state index >= 15 is 0 Å². The van der Waals surface area contributed by atoms with Gasteiger partial charge in [-0.25, -0.2) is 9.50 Å². The molecule has 0 bridgehead atoms. The van der Waals surface area contributed by atoms with Crippen LogP contribution in [-0.2, 0) is 3.42 Å². The minimum absolute atomic E-state index is 0.0347. The summed E-state index contributed by atoms with van der Waals surface area (Å²) in [4.78, 5) is 4.00. The molecule has 3 rings (SSSR count). The lowest BCUT2D eigenvalue weighted by atomic mass is 10.1. The molecule has 4 nitrogen and oxygen atoms in total. The number of alkyl halides is 4. The van der Waals surface area contributed by atoms with Crippen LogP contribution in [0.4, 0.5) is 18.9 Å². The molecule has 0 fully saturated rings. The number of halogens is 5. The van der Waals surface area contributed by atoms with E-state index < -0.39 is 9.60 Å². The third-order valence-electron chi connectivity index (χ3n) is 2.80. The van der Waals surface area contributed by atoms with E-state index in [1.807, 2.05) is 0 Å². The predicted molar refractivity (Wildman–Crippen MR) is 68.2 cm³/mol. The summed E-state index contributed by atoms with van der Waals surface area (Å²) in [6.07, 6.45) is -3.02. The van der Waals surface area contributed by atoms with Gasteiger partial charge in [-0.05, 0) is 0 Å². The number of nitrogens with zero attached hydrogens (tertiary/aromatic N) is 3. The van der Waals surface area contributed by atoms with E-state index in [1.165, 1.54) is 34.9 Å². The van der Waals surface area contributed by atoms with Crippen molar-refractivity contribution in [3.05, 3.63) is 23.1 Å². The van der Waals surface area contributed by atoms with Crippen molar-refractivity contribution in [2.75, 3.05) is 11.9 Å². The van der Waals surface area contributed by atoms with Crippen molar-refractivity contribution in [2.24, 2.45) is 0 Å². The second-order valence-electron chi connectivity index (χ2n) is 3.91. The Morgan fingerprint density at radius 2 is 2.22 bits per heavy atom. The van der Waals surface area contributed by atoms with Crippen molar-refractivity contribution in [1.82, 2.24) is 14.6 Å². The van der Waals surface area contributed by atoms with Crippen molar-refractivity contribution in [3.63, 3.8) is 0 Å². The van der Waals surface area contributed by atoms with Crippen molar-refractivity contribution < 1.29 is 13.2 Å². The summed E-state index contributed by atoms with van der Waals surface area (Å²) in [5.41, 5.74) is 0.661. The molecule has 0 radical (unpaired) electrons. The Labute approximate surface area is 118 Å². The van der Waals surface area contributed by atoms with Crippen LogP contribution in [-0.4, -0.2) is 27.3 Å². The SMILES string of the molecule is FC(F)(F)[C@@]1(I)CNc2cnc3cc(Cl)nn3c21. The van der Waals surface area contributed by atoms with Crippen LogP contribution in [0.3, 0.4) is 0 Å². The van der Waals surface area contributed by atoms with Crippen LogP contribution in [0.1, 0.15) is 5.69 Å². The zero-order chi connectivity index (χ0) is 13.1. The fourth-order valence-corrected chi connectivity index (χ4v) is 2.83. The molecular weight excluding hydrogens is 383 g/mol. The van der Waals surface area contributed by atoms with Gasteiger partial charge in [0.25, 0.3) is 0 Å². The largest absolute Gasteiger partial charge is 0.410 e. The number of anilines is 1. The molecular formula is C9H5ClF3IN4. The summed E-state index contributed by atoms with van der Waals surface area (Å²) in [6.45, 7) is -0.245. The summed E-state index contributed by atoms with van der Waals surface area (Å²) in [7, 11) is 0. The summed E-state index contributed by atoms with van der Waals surface area (Å²) in [6, 6.07) is 1.42. The highest BCUT2D eigenvalue weighted by Gasteiger charge is 2.59. The van der Waals surface area contributed by atoms with E-state index in [2.05, 4.69) is 15.4 Å². The van der Waals surface area contributed by atoms with Gasteiger partial charge in [-0.15, -0.1) is 0 Å². The minimum atomic E-state index is -4.39. The Balaban J connectivity index is 2.35. The van der Waals surface area contributed by atoms with Crippen LogP contribution in [0.5, 0.6) is 0 Å². The highest BCUT2D eigenvalue weighted by atomic mass is 127. The molecule has 1 aliphatic rings. The molecule has 0 saturated carbocycles. The van der Waals surface area contributed by atoms with Crippen LogP contribution in [0.15, 0.2) is 12.3 Å². The quantitative estimate of drug-likeness (QED) is 0.557. The highest BCUT2D eigenvalue weighted by Crippen LogP contribution is 2.52. The Morgan fingerprint density at radius 1 is 1.50 bits per heavy atom. The van der Waals surface area contributed by atoms with E-state index in [1.54, 1.807) is 0 Å². The Morgan fingerprint density at radius 3 is 2.89 bits per heavy atom. The lowest BCUT2D eigenvalue weighted by Crippen LogP contribution is -2.39.